The second kappa shape index (κ2) is 9.46. The van der Waals surface area contributed by atoms with E-state index in [0.717, 1.165) is 28.8 Å². The molecule has 0 saturated heterocycles. The zero-order valence-electron chi connectivity index (χ0n) is 19.9. The number of allylic oxidation sites excluding steroid dienone is 1. The SMILES string of the molecule is CCc1ccc(N2C(=O)NC(c3cccc(OC)c3)C(c3nc(-c4ccccc4)no3)=C2C)cc1. The van der Waals surface area contributed by atoms with Gasteiger partial charge in [-0.3, -0.25) is 4.90 Å². The van der Waals surface area contributed by atoms with Crippen molar-refractivity contribution < 1.29 is 14.1 Å². The molecule has 7 nitrogen and oxygen atoms in total. The first-order valence-corrected chi connectivity index (χ1v) is 11.5. The third-order valence-corrected chi connectivity index (χ3v) is 6.20. The fourth-order valence-electron chi connectivity index (χ4n) is 4.32. The van der Waals surface area contributed by atoms with Crippen molar-refractivity contribution >= 4 is 17.3 Å². The first kappa shape index (κ1) is 22.4. The Morgan fingerprint density at radius 1 is 1.03 bits per heavy atom. The van der Waals surface area contributed by atoms with Gasteiger partial charge in [-0.1, -0.05) is 66.7 Å². The normalized spacial score (nSPS) is 15.8. The first-order chi connectivity index (χ1) is 17.1. The molecule has 0 bridgehead atoms. The van der Waals surface area contributed by atoms with E-state index in [1.54, 1.807) is 12.0 Å². The van der Waals surface area contributed by atoms with Gasteiger partial charge in [0.2, 0.25) is 5.82 Å². The van der Waals surface area contributed by atoms with Crippen molar-refractivity contribution in [3.63, 3.8) is 0 Å². The Morgan fingerprint density at radius 2 is 1.80 bits per heavy atom. The summed E-state index contributed by atoms with van der Waals surface area (Å²) in [7, 11) is 1.62. The molecule has 1 N–H and O–H groups in total. The number of urea groups is 1. The molecule has 3 aromatic carbocycles. The second-order valence-electron chi connectivity index (χ2n) is 8.30. The zero-order chi connectivity index (χ0) is 24.4. The molecule has 4 aromatic rings. The van der Waals surface area contributed by atoms with E-state index in [1.165, 1.54) is 5.56 Å². The van der Waals surface area contributed by atoms with Gasteiger partial charge in [-0.2, -0.15) is 4.98 Å². The number of carbonyl (C=O) groups is 1. The van der Waals surface area contributed by atoms with Crippen LogP contribution in [0.15, 0.2) is 89.1 Å². The maximum absolute atomic E-state index is 13.4. The summed E-state index contributed by atoms with van der Waals surface area (Å²) in [5.74, 6) is 1.53. The summed E-state index contributed by atoms with van der Waals surface area (Å²) in [5, 5.41) is 7.36. The third kappa shape index (κ3) is 4.28. The number of methoxy groups -OCH3 is 1. The molecule has 0 fully saturated rings. The molecular formula is C28H26N4O3. The number of anilines is 1. The summed E-state index contributed by atoms with van der Waals surface area (Å²) in [6.07, 6.45) is 0.925. The molecule has 7 heteroatoms. The fraction of sp³-hybridized carbons (Fsp3) is 0.179. The van der Waals surface area contributed by atoms with E-state index < -0.39 is 6.04 Å². The number of ether oxygens (including phenoxy) is 1. The van der Waals surface area contributed by atoms with Gasteiger partial charge >= 0.3 is 6.03 Å². The fourth-order valence-corrected chi connectivity index (χ4v) is 4.32. The van der Waals surface area contributed by atoms with E-state index in [4.69, 9.17) is 14.2 Å². The monoisotopic (exact) mass is 466 g/mol. The first-order valence-electron chi connectivity index (χ1n) is 11.5. The lowest BCUT2D eigenvalue weighted by Gasteiger charge is -2.35. The van der Waals surface area contributed by atoms with Gasteiger partial charge in [0.05, 0.1) is 24.4 Å². The maximum Gasteiger partial charge on any atom is 0.326 e. The van der Waals surface area contributed by atoms with E-state index in [1.807, 2.05) is 85.8 Å². The van der Waals surface area contributed by atoms with Crippen LogP contribution in [0, 0.1) is 0 Å². The Morgan fingerprint density at radius 3 is 2.51 bits per heavy atom. The topological polar surface area (TPSA) is 80.5 Å². The van der Waals surface area contributed by atoms with Gasteiger partial charge in [-0.25, -0.2) is 4.79 Å². The Bertz CT molecular complexity index is 1380. The van der Waals surface area contributed by atoms with E-state index in [2.05, 4.69) is 17.4 Å². The smallest absolute Gasteiger partial charge is 0.326 e. The van der Waals surface area contributed by atoms with Crippen molar-refractivity contribution in [2.24, 2.45) is 0 Å². The van der Waals surface area contributed by atoms with Crippen LogP contribution in [0.2, 0.25) is 0 Å². The van der Waals surface area contributed by atoms with Gasteiger partial charge in [0.25, 0.3) is 5.89 Å². The number of benzene rings is 3. The van der Waals surface area contributed by atoms with Crippen LogP contribution in [-0.2, 0) is 6.42 Å². The molecule has 2 amide bonds. The maximum atomic E-state index is 13.4. The van der Waals surface area contributed by atoms with E-state index in [0.29, 0.717) is 23.2 Å². The molecule has 176 valence electrons. The van der Waals surface area contributed by atoms with Crippen molar-refractivity contribution in [3.8, 4) is 17.1 Å². The van der Waals surface area contributed by atoms with Crippen LogP contribution >= 0.6 is 0 Å². The van der Waals surface area contributed by atoms with Crippen LogP contribution in [0.5, 0.6) is 5.75 Å². The van der Waals surface area contributed by atoms with Crippen molar-refractivity contribution in [2.45, 2.75) is 26.3 Å². The summed E-state index contributed by atoms with van der Waals surface area (Å²) >= 11 is 0. The number of aromatic nitrogens is 2. The predicted molar refractivity (Wildman–Crippen MR) is 135 cm³/mol. The predicted octanol–water partition coefficient (Wildman–Crippen LogP) is 6.01. The molecule has 0 spiro atoms. The molecule has 1 atom stereocenters. The molecule has 0 saturated carbocycles. The second-order valence-corrected chi connectivity index (χ2v) is 8.30. The van der Waals surface area contributed by atoms with Crippen LogP contribution in [0.4, 0.5) is 10.5 Å². The van der Waals surface area contributed by atoms with Crippen molar-refractivity contribution in [3.05, 3.63) is 102 Å². The Hall–Kier alpha value is -4.39. The van der Waals surface area contributed by atoms with Gasteiger partial charge in [0.15, 0.2) is 0 Å². The molecule has 1 unspecified atom stereocenters. The van der Waals surface area contributed by atoms with Crippen molar-refractivity contribution in [1.82, 2.24) is 15.5 Å². The minimum Gasteiger partial charge on any atom is -0.497 e. The van der Waals surface area contributed by atoms with Crippen LogP contribution in [0.3, 0.4) is 0 Å². The number of carbonyl (C=O) groups excluding carboxylic acids is 1. The van der Waals surface area contributed by atoms with Crippen molar-refractivity contribution in [1.29, 1.82) is 0 Å². The third-order valence-electron chi connectivity index (χ3n) is 6.20. The molecular weight excluding hydrogens is 440 g/mol. The van der Waals surface area contributed by atoms with Gasteiger partial charge < -0.3 is 14.6 Å². The summed E-state index contributed by atoms with van der Waals surface area (Å²) in [6.45, 7) is 4.01. The number of aryl methyl sites for hydroxylation is 1. The number of nitrogens with zero attached hydrogens (tertiary/aromatic N) is 3. The zero-order valence-corrected chi connectivity index (χ0v) is 19.9. The Labute approximate surface area is 204 Å². The molecule has 1 aliphatic rings. The van der Waals surface area contributed by atoms with Crippen LogP contribution < -0.4 is 15.0 Å². The van der Waals surface area contributed by atoms with Gasteiger partial charge in [-0.05, 0) is 48.7 Å². The summed E-state index contributed by atoms with van der Waals surface area (Å²) in [5.41, 5.74) is 5.12. The minimum absolute atomic E-state index is 0.230. The lowest BCUT2D eigenvalue weighted by atomic mass is 9.94. The molecule has 0 radical (unpaired) electrons. The molecule has 0 aliphatic carbocycles. The minimum atomic E-state index is -0.493. The van der Waals surface area contributed by atoms with Crippen LogP contribution in [-0.4, -0.2) is 23.3 Å². The van der Waals surface area contributed by atoms with Crippen LogP contribution in [0.1, 0.15) is 36.9 Å². The summed E-state index contributed by atoms with van der Waals surface area (Å²) in [4.78, 5) is 19.7. The average molecular weight is 467 g/mol. The molecule has 2 heterocycles. The van der Waals surface area contributed by atoms with Gasteiger partial charge in [0, 0.05) is 11.3 Å². The van der Waals surface area contributed by atoms with Crippen molar-refractivity contribution in [2.75, 3.05) is 12.0 Å². The summed E-state index contributed by atoms with van der Waals surface area (Å²) in [6, 6.07) is 24.5. The molecule has 35 heavy (non-hydrogen) atoms. The van der Waals surface area contributed by atoms with E-state index in [9.17, 15) is 4.79 Å². The number of hydrogen-bond donors (Lipinski definition) is 1. The number of rotatable bonds is 6. The summed E-state index contributed by atoms with van der Waals surface area (Å²) < 4.78 is 11.2. The quantitative estimate of drug-likeness (QED) is 0.376. The highest BCUT2D eigenvalue weighted by Crippen LogP contribution is 2.39. The number of amides is 2. The van der Waals surface area contributed by atoms with E-state index >= 15 is 0 Å². The molecule has 1 aliphatic heterocycles. The highest BCUT2D eigenvalue weighted by Gasteiger charge is 2.36. The number of nitrogens with one attached hydrogen (secondary N) is 1. The van der Waals surface area contributed by atoms with Gasteiger partial charge in [0.1, 0.15) is 5.75 Å². The van der Waals surface area contributed by atoms with E-state index in [-0.39, 0.29) is 6.03 Å². The highest BCUT2D eigenvalue weighted by molar-refractivity contribution is 6.01. The molecule has 5 rings (SSSR count). The Balaban J connectivity index is 1.65. The number of hydrogen-bond acceptors (Lipinski definition) is 5. The largest absolute Gasteiger partial charge is 0.497 e. The van der Waals surface area contributed by atoms with Gasteiger partial charge in [-0.15, -0.1) is 0 Å². The highest BCUT2D eigenvalue weighted by atomic mass is 16.5. The van der Waals surface area contributed by atoms with Crippen LogP contribution in [0.25, 0.3) is 17.0 Å². The Kier molecular flexibility index (Phi) is 6.06. The standard InChI is InChI=1S/C28H26N4O3/c1-4-19-13-15-22(16-14-19)32-18(2)24(27-30-26(31-35-27)20-9-6-5-7-10-20)25(29-28(32)33)21-11-8-12-23(17-21)34-3/h5-17,25H,4H2,1-3H3,(H,29,33). The molecule has 1 aromatic heterocycles. The average Bonchev–Trinajstić information content (AvgIpc) is 3.39. The lowest BCUT2D eigenvalue weighted by Crippen LogP contribution is -2.46. The lowest BCUT2D eigenvalue weighted by molar-refractivity contribution is 0.244.